The van der Waals surface area contributed by atoms with Gasteiger partial charge < -0.3 is 10.2 Å². The van der Waals surface area contributed by atoms with Crippen LogP contribution in [0.5, 0.6) is 0 Å². The van der Waals surface area contributed by atoms with Crippen LogP contribution in [0.3, 0.4) is 0 Å². The minimum absolute atomic E-state index is 0.113. The summed E-state index contributed by atoms with van der Waals surface area (Å²) in [6.45, 7) is 5.70. The molecule has 0 aromatic rings. The van der Waals surface area contributed by atoms with Gasteiger partial charge in [0, 0.05) is 13.6 Å². The molecule has 2 amide bonds. The van der Waals surface area contributed by atoms with Crippen LogP contribution in [0.1, 0.15) is 20.8 Å². The van der Waals surface area contributed by atoms with Crippen LogP contribution in [0.25, 0.3) is 0 Å². The lowest BCUT2D eigenvalue weighted by molar-refractivity contribution is -0.134. The summed E-state index contributed by atoms with van der Waals surface area (Å²) in [5.74, 6) is -0.435. The van der Waals surface area contributed by atoms with Crippen LogP contribution >= 0.6 is 11.6 Å². The molecule has 0 heterocycles. The Kier molecular flexibility index (Phi) is 5.53. The van der Waals surface area contributed by atoms with Crippen LogP contribution in [0.2, 0.25) is 0 Å². The summed E-state index contributed by atoms with van der Waals surface area (Å²) >= 11 is 5.55. The Hall–Kier alpha value is -0.770. The highest BCUT2D eigenvalue weighted by atomic mass is 35.5. The van der Waals surface area contributed by atoms with E-state index in [1.165, 1.54) is 0 Å². The van der Waals surface area contributed by atoms with Crippen molar-refractivity contribution in [2.75, 3.05) is 13.6 Å². The van der Waals surface area contributed by atoms with Gasteiger partial charge in [0.05, 0.1) is 0 Å². The van der Waals surface area contributed by atoms with Crippen molar-refractivity contribution in [3.63, 3.8) is 0 Å². The first-order chi connectivity index (χ1) is 6.40. The highest BCUT2D eigenvalue weighted by molar-refractivity contribution is 6.30. The molecule has 0 aromatic carbocycles. The third kappa shape index (κ3) is 3.96. The van der Waals surface area contributed by atoms with Gasteiger partial charge in [0.15, 0.2) is 0 Å². The minimum Gasteiger partial charge on any atom is -0.344 e. The molecule has 0 saturated carbocycles. The van der Waals surface area contributed by atoms with Gasteiger partial charge in [0.2, 0.25) is 11.8 Å². The Balaban J connectivity index is 4.14. The van der Waals surface area contributed by atoms with Crippen molar-refractivity contribution in [3.8, 4) is 0 Å². The number of rotatable bonds is 4. The Labute approximate surface area is 89.6 Å². The fourth-order valence-electron chi connectivity index (χ4n) is 0.876. The van der Waals surface area contributed by atoms with Crippen molar-refractivity contribution in [1.82, 2.24) is 10.2 Å². The predicted molar refractivity (Wildman–Crippen MR) is 56.2 cm³/mol. The maximum Gasteiger partial charge on any atom is 0.244 e. The van der Waals surface area contributed by atoms with E-state index in [4.69, 9.17) is 11.6 Å². The van der Waals surface area contributed by atoms with Gasteiger partial charge in [-0.1, -0.05) is 0 Å². The number of nitrogens with one attached hydrogen (secondary N) is 1. The molecule has 0 bridgehead atoms. The second-order valence-corrected chi connectivity index (χ2v) is 3.85. The zero-order valence-electron chi connectivity index (χ0n) is 9.00. The standard InChI is InChI=1S/C9H17ClN2O2/c1-5-12(4)9(14)7(3)11-8(13)6(2)10/h6-7H,5H2,1-4H3,(H,11,13). The first-order valence-electron chi connectivity index (χ1n) is 4.59. The van der Waals surface area contributed by atoms with Crippen molar-refractivity contribution in [2.24, 2.45) is 0 Å². The third-order valence-corrected chi connectivity index (χ3v) is 2.14. The SMILES string of the molecule is CCN(C)C(=O)C(C)NC(=O)C(C)Cl. The van der Waals surface area contributed by atoms with Gasteiger partial charge in [0.25, 0.3) is 0 Å². The molecule has 2 atom stereocenters. The van der Waals surface area contributed by atoms with Crippen LogP contribution in [0, 0.1) is 0 Å². The Bertz CT molecular complexity index is 219. The summed E-state index contributed by atoms with van der Waals surface area (Å²) in [5, 5.41) is 1.92. The number of likely N-dealkylation sites (N-methyl/N-ethyl adjacent to an activating group) is 1. The van der Waals surface area contributed by atoms with Crippen LogP contribution in [0.4, 0.5) is 0 Å². The smallest absolute Gasteiger partial charge is 0.244 e. The zero-order valence-corrected chi connectivity index (χ0v) is 9.76. The molecule has 4 nitrogen and oxygen atoms in total. The number of alkyl halides is 1. The van der Waals surface area contributed by atoms with Crippen molar-refractivity contribution in [2.45, 2.75) is 32.2 Å². The molecule has 0 aromatic heterocycles. The lowest BCUT2D eigenvalue weighted by atomic mass is 10.2. The van der Waals surface area contributed by atoms with Gasteiger partial charge in [-0.05, 0) is 20.8 Å². The highest BCUT2D eigenvalue weighted by Gasteiger charge is 2.20. The first kappa shape index (κ1) is 13.2. The fraction of sp³-hybridized carbons (Fsp3) is 0.778. The van der Waals surface area contributed by atoms with Crippen LogP contribution in [-0.4, -0.2) is 41.7 Å². The maximum absolute atomic E-state index is 11.5. The number of hydrogen-bond acceptors (Lipinski definition) is 2. The molecule has 0 spiro atoms. The van der Waals surface area contributed by atoms with E-state index in [1.807, 2.05) is 6.92 Å². The van der Waals surface area contributed by atoms with E-state index in [9.17, 15) is 9.59 Å². The lowest BCUT2D eigenvalue weighted by Crippen LogP contribution is -2.47. The molecular weight excluding hydrogens is 204 g/mol. The summed E-state index contributed by atoms with van der Waals surface area (Å²) in [5.41, 5.74) is 0. The lowest BCUT2D eigenvalue weighted by Gasteiger charge is -2.20. The van der Waals surface area contributed by atoms with E-state index in [0.717, 1.165) is 0 Å². The third-order valence-electron chi connectivity index (χ3n) is 1.94. The Morgan fingerprint density at radius 1 is 1.43 bits per heavy atom. The van der Waals surface area contributed by atoms with E-state index >= 15 is 0 Å². The molecule has 82 valence electrons. The Morgan fingerprint density at radius 2 is 1.93 bits per heavy atom. The molecular formula is C9H17ClN2O2. The van der Waals surface area contributed by atoms with Gasteiger partial charge in [-0.2, -0.15) is 0 Å². The quantitative estimate of drug-likeness (QED) is 0.706. The van der Waals surface area contributed by atoms with Crippen LogP contribution in [0.15, 0.2) is 0 Å². The van der Waals surface area contributed by atoms with E-state index < -0.39 is 11.4 Å². The molecule has 5 heteroatoms. The number of carbonyl (C=O) groups excluding carboxylic acids is 2. The zero-order chi connectivity index (χ0) is 11.3. The van der Waals surface area contributed by atoms with Gasteiger partial charge in [-0.15, -0.1) is 11.6 Å². The molecule has 0 rings (SSSR count). The summed E-state index contributed by atoms with van der Waals surface area (Å²) in [4.78, 5) is 24.2. The Morgan fingerprint density at radius 3 is 2.29 bits per heavy atom. The summed E-state index contributed by atoms with van der Waals surface area (Å²) in [6, 6.07) is -0.520. The second-order valence-electron chi connectivity index (χ2n) is 3.20. The van der Waals surface area contributed by atoms with Crippen molar-refractivity contribution < 1.29 is 9.59 Å². The number of halogens is 1. The first-order valence-corrected chi connectivity index (χ1v) is 5.03. The summed E-state index contributed by atoms with van der Waals surface area (Å²) < 4.78 is 0. The van der Waals surface area contributed by atoms with Gasteiger partial charge in [-0.3, -0.25) is 9.59 Å². The van der Waals surface area contributed by atoms with E-state index in [1.54, 1.807) is 25.8 Å². The summed E-state index contributed by atoms with van der Waals surface area (Å²) in [6.07, 6.45) is 0. The number of hydrogen-bond donors (Lipinski definition) is 1. The van der Waals surface area contributed by atoms with Crippen LogP contribution in [-0.2, 0) is 9.59 Å². The average molecular weight is 221 g/mol. The molecule has 0 aliphatic carbocycles. The van der Waals surface area contributed by atoms with Gasteiger partial charge >= 0.3 is 0 Å². The monoisotopic (exact) mass is 220 g/mol. The van der Waals surface area contributed by atoms with E-state index in [0.29, 0.717) is 6.54 Å². The van der Waals surface area contributed by atoms with Gasteiger partial charge in [-0.25, -0.2) is 0 Å². The average Bonchev–Trinajstić information content (AvgIpc) is 2.14. The van der Waals surface area contributed by atoms with Crippen molar-refractivity contribution >= 4 is 23.4 Å². The molecule has 0 aliphatic rings. The number of nitrogens with zero attached hydrogens (tertiary/aromatic N) is 1. The molecule has 0 aliphatic heterocycles. The number of carbonyl (C=O) groups is 2. The van der Waals surface area contributed by atoms with Crippen molar-refractivity contribution in [3.05, 3.63) is 0 Å². The van der Waals surface area contributed by atoms with E-state index in [-0.39, 0.29) is 11.8 Å². The second kappa shape index (κ2) is 5.86. The fourth-order valence-corrected chi connectivity index (χ4v) is 0.939. The van der Waals surface area contributed by atoms with Crippen LogP contribution < -0.4 is 5.32 Å². The topological polar surface area (TPSA) is 49.4 Å². The maximum atomic E-state index is 11.5. The number of amides is 2. The minimum atomic E-state index is -0.614. The summed E-state index contributed by atoms with van der Waals surface area (Å²) in [7, 11) is 1.69. The molecule has 14 heavy (non-hydrogen) atoms. The molecule has 0 fully saturated rings. The predicted octanol–water partition coefficient (Wildman–Crippen LogP) is 0.597. The van der Waals surface area contributed by atoms with E-state index in [2.05, 4.69) is 5.32 Å². The highest BCUT2D eigenvalue weighted by Crippen LogP contribution is 1.96. The molecule has 0 saturated heterocycles. The molecule has 2 unspecified atom stereocenters. The van der Waals surface area contributed by atoms with Crippen molar-refractivity contribution in [1.29, 1.82) is 0 Å². The largest absolute Gasteiger partial charge is 0.344 e. The normalized spacial score (nSPS) is 14.4. The molecule has 1 N–H and O–H groups in total. The van der Waals surface area contributed by atoms with Gasteiger partial charge in [0.1, 0.15) is 11.4 Å². The molecule has 0 radical (unpaired) electrons.